The van der Waals surface area contributed by atoms with E-state index < -0.39 is 11.9 Å². The van der Waals surface area contributed by atoms with E-state index in [1.54, 1.807) is 6.92 Å². The second-order valence-corrected chi connectivity index (χ2v) is 4.61. The molecule has 5 atom stereocenters. The van der Waals surface area contributed by atoms with Gasteiger partial charge in [0.05, 0.1) is 12.2 Å². The zero-order valence-corrected chi connectivity index (χ0v) is 9.06. The van der Waals surface area contributed by atoms with E-state index in [2.05, 4.69) is 0 Å². The van der Waals surface area contributed by atoms with Crippen LogP contribution in [-0.4, -0.2) is 41.4 Å². The first kappa shape index (κ1) is 10.4. The Morgan fingerprint density at radius 2 is 1.79 bits per heavy atom. The van der Waals surface area contributed by atoms with Gasteiger partial charge in [-0.3, -0.25) is 0 Å². The van der Waals surface area contributed by atoms with Gasteiger partial charge in [0.2, 0.25) is 0 Å². The standard InChI is InChI=1S/C10H18O4/c1-5(11)7-9-8(6(2)12-7)13-10(3,4)14-9/h5-9,11H,1-4H3/t5-,6+,7+,8?,9+/m1/s1. The fourth-order valence-electron chi connectivity index (χ4n) is 2.23. The average molecular weight is 202 g/mol. The molecule has 0 spiro atoms. The summed E-state index contributed by atoms with van der Waals surface area (Å²) in [6.07, 6.45) is -0.993. The number of aliphatic hydroxyl groups excluding tert-OH is 1. The van der Waals surface area contributed by atoms with E-state index in [0.29, 0.717) is 0 Å². The Balaban J connectivity index is 2.15. The number of ether oxygens (including phenoxy) is 3. The van der Waals surface area contributed by atoms with Crippen molar-refractivity contribution < 1.29 is 19.3 Å². The summed E-state index contributed by atoms with van der Waals surface area (Å²) in [7, 11) is 0. The number of rotatable bonds is 1. The molecule has 1 unspecified atom stereocenters. The van der Waals surface area contributed by atoms with Crippen molar-refractivity contribution in [3.8, 4) is 0 Å². The molecule has 82 valence electrons. The van der Waals surface area contributed by atoms with Crippen molar-refractivity contribution in [2.75, 3.05) is 0 Å². The van der Waals surface area contributed by atoms with E-state index >= 15 is 0 Å². The molecule has 2 saturated heterocycles. The van der Waals surface area contributed by atoms with Crippen molar-refractivity contribution in [1.29, 1.82) is 0 Å². The molecular weight excluding hydrogens is 184 g/mol. The minimum Gasteiger partial charge on any atom is -0.391 e. The summed E-state index contributed by atoms with van der Waals surface area (Å²) >= 11 is 0. The second-order valence-electron chi connectivity index (χ2n) is 4.61. The molecule has 4 nitrogen and oxygen atoms in total. The van der Waals surface area contributed by atoms with Crippen LogP contribution in [0.25, 0.3) is 0 Å². The summed E-state index contributed by atoms with van der Waals surface area (Å²) in [6.45, 7) is 7.44. The zero-order chi connectivity index (χ0) is 10.5. The second kappa shape index (κ2) is 3.17. The van der Waals surface area contributed by atoms with Gasteiger partial charge in [0.25, 0.3) is 0 Å². The Morgan fingerprint density at radius 3 is 2.36 bits per heavy atom. The summed E-state index contributed by atoms with van der Waals surface area (Å²) in [4.78, 5) is 0. The third-order valence-electron chi connectivity index (χ3n) is 2.80. The molecule has 0 aromatic rings. The molecule has 0 aromatic heterocycles. The molecule has 2 aliphatic heterocycles. The molecule has 0 radical (unpaired) electrons. The maximum absolute atomic E-state index is 9.53. The van der Waals surface area contributed by atoms with Gasteiger partial charge in [0.15, 0.2) is 5.79 Å². The van der Waals surface area contributed by atoms with Gasteiger partial charge >= 0.3 is 0 Å². The van der Waals surface area contributed by atoms with E-state index in [4.69, 9.17) is 14.2 Å². The van der Waals surface area contributed by atoms with E-state index in [0.717, 1.165) is 0 Å². The van der Waals surface area contributed by atoms with Crippen LogP contribution in [0.2, 0.25) is 0 Å². The van der Waals surface area contributed by atoms with Gasteiger partial charge in [0, 0.05) is 0 Å². The fourth-order valence-corrected chi connectivity index (χ4v) is 2.23. The highest BCUT2D eigenvalue weighted by Crippen LogP contribution is 2.39. The Labute approximate surface area is 84.1 Å². The maximum Gasteiger partial charge on any atom is 0.164 e. The van der Waals surface area contributed by atoms with Crippen LogP contribution in [0, 0.1) is 0 Å². The zero-order valence-electron chi connectivity index (χ0n) is 9.06. The lowest BCUT2D eigenvalue weighted by Gasteiger charge is -2.24. The smallest absolute Gasteiger partial charge is 0.164 e. The number of fused-ring (bicyclic) bond motifs is 1. The molecule has 14 heavy (non-hydrogen) atoms. The molecule has 2 rings (SSSR count). The molecule has 2 aliphatic rings. The highest BCUT2D eigenvalue weighted by molar-refractivity contribution is 4.98. The Kier molecular flexibility index (Phi) is 2.34. The molecule has 2 heterocycles. The molecule has 0 aromatic carbocycles. The van der Waals surface area contributed by atoms with Gasteiger partial charge in [-0.2, -0.15) is 0 Å². The van der Waals surface area contributed by atoms with Crippen molar-refractivity contribution in [3.05, 3.63) is 0 Å². The minimum absolute atomic E-state index is 0.0126. The topological polar surface area (TPSA) is 47.9 Å². The van der Waals surface area contributed by atoms with Crippen molar-refractivity contribution in [2.45, 2.75) is 64.0 Å². The SMILES string of the molecule is C[C@@H]1O[C@@H]([C@@H](C)O)[C@@H]2OC(C)(C)OC12. The summed E-state index contributed by atoms with van der Waals surface area (Å²) in [5.74, 6) is -0.555. The van der Waals surface area contributed by atoms with Crippen molar-refractivity contribution in [2.24, 2.45) is 0 Å². The van der Waals surface area contributed by atoms with Gasteiger partial charge in [-0.25, -0.2) is 0 Å². The van der Waals surface area contributed by atoms with Gasteiger partial charge in [-0.1, -0.05) is 0 Å². The monoisotopic (exact) mass is 202 g/mol. The van der Waals surface area contributed by atoms with Crippen LogP contribution in [0.15, 0.2) is 0 Å². The predicted octanol–water partition coefficient (Wildman–Crippen LogP) is 0.675. The first-order chi connectivity index (χ1) is 6.41. The third kappa shape index (κ3) is 1.56. The van der Waals surface area contributed by atoms with E-state index in [1.807, 2.05) is 20.8 Å². The van der Waals surface area contributed by atoms with Crippen LogP contribution in [0.3, 0.4) is 0 Å². The third-order valence-corrected chi connectivity index (χ3v) is 2.80. The highest BCUT2D eigenvalue weighted by Gasteiger charge is 2.54. The lowest BCUT2D eigenvalue weighted by molar-refractivity contribution is -0.193. The molecule has 0 aliphatic carbocycles. The largest absolute Gasteiger partial charge is 0.391 e. The summed E-state index contributed by atoms with van der Waals surface area (Å²) in [6, 6.07) is 0. The lowest BCUT2D eigenvalue weighted by Crippen LogP contribution is -2.36. The Morgan fingerprint density at radius 1 is 1.21 bits per heavy atom. The van der Waals surface area contributed by atoms with Crippen LogP contribution in [0.5, 0.6) is 0 Å². The van der Waals surface area contributed by atoms with E-state index in [9.17, 15) is 5.11 Å². The fraction of sp³-hybridized carbons (Fsp3) is 1.00. The molecule has 0 bridgehead atoms. The molecular formula is C10H18O4. The van der Waals surface area contributed by atoms with Crippen LogP contribution in [-0.2, 0) is 14.2 Å². The molecule has 4 heteroatoms. The minimum atomic E-state index is -0.555. The van der Waals surface area contributed by atoms with E-state index in [1.165, 1.54) is 0 Å². The normalized spacial score (nSPS) is 47.8. The Hall–Kier alpha value is -0.160. The van der Waals surface area contributed by atoms with Crippen LogP contribution >= 0.6 is 0 Å². The summed E-state index contributed by atoms with van der Waals surface area (Å²) < 4.78 is 17.0. The average Bonchev–Trinajstić information content (AvgIpc) is 2.47. The van der Waals surface area contributed by atoms with Crippen molar-refractivity contribution in [1.82, 2.24) is 0 Å². The quantitative estimate of drug-likeness (QED) is 0.679. The summed E-state index contributed by atoms with van der Waals surface area (Å²) in [5.41, 5.74) is 0. The van der Waals surface area contributed by atoms with Gasteiger partial charge < -0.3 is 19.3 Å². The van der Waals surface area contributed by atoms with Gasteiger partial charge in [-0.15, -0.1) is 0 Å². The summed E-state index contributed by atoms with van der Waals surface area (Å²) in [5, 5.41) is 9.53. The van der Waals surface area contributed by atoms with Crippen LogP contribution in [0.4, 0.5) is 0 Å². The van der Waals surface area contributed by atoms with E-state index in [-0.39, 0.29) is 24.4 Å². The number of hydrogen-bond acceptors (Lipinski definition) is 4. The molecule has 2 fully saturated rings. The lowest BCUT2D eigenvalue weighted by atomic mass is 10.1. The first-order valence-electron chi connectivity index (χ1n) is 5.10. The first-order valence-corrected chi connectivity index (χ1v) is 5.10. The van der Waals surface area contributed by atoms with Gasteiger partial charge in [0.1, 0.15) is 18.3 Å². The van der Waals surface area contributed by atoms with Crippen molar-refractivity contribution >= 4 is 0 Å². The van der Waals surface area contributed by atoms with Crippen LogP contribution < -0.4 is 0 Å². The maximum atomic E-state index is 9.53. The van der Waals surface area contributed by atoms with Crippen LogP contribution in [0.1, 0.15) is 27.7 Å². The number of aliphatic hydroxyl groups is 1. The Bertz CT molecular complexity index is 224. The van der Waals surface area contributed by atoms with Crippen molar-refractivity contribution in [3.63, 3.8) is 0 Å². The highest BCUT2D eigenvalue weighted by atomic mass is 16.8. The number of hydrogen-bond donors (Lipinski definition) is 1. The molecule has 0 saturated carbocycles. The molecule has 1 N–H and O–H groups in total. The van der Waals surface area contributed by atoms with Gasteiger partial charge in [-0.05, 0) is 27.7 Å². The molecule has 0 amide bonds. The predicted molar refractivity (Wildman–Crippen MR) is 49.8 cm³/mol.